The van der Waals surface area contributed by atoms with E-state index in [4.69, 9.17) is 26.8 Å². The van der Waals surface area contributed by atoms with Gasteiger partial charge in [0.2, 0.25) is 0 Å². The molecule has 2 fully saturated rings. The highest BCUT2D eigenvalue weighted by Gasteiger charge is 2.46. The molecule has 2 saturated carbocycles. The first-order valence-corrected chi connectivity index (χ1v) is 7.87. The van der Waals surface area contributed by atoms with Gasteiger partial charge in [-0.15, -0.1) is 0 Å². The molecule has 2 N–H and O–H groups in total. The van der Waals surface area contributed by atoms with Gasteiger partial charge in [-0.3, -0.25) is 0 Å². The highest BCUT2D eigenvalue weighted by atomic mass is 35.5. The third-order valence-corrected chi connectivity index (χ3v) is 5.37. The Balaban J connectivity index is 1.71. The minimum atomic E-state index is -0.244. The van der Waals surface area contributed by atoms with Crippen LogP contribution in [0.3, 0.4) is 0 Å². The molecule has 1 aromatic carbocycles. The highest BCUT2D eigenvalue weighted by Crippen LogP contribution is 2.51. The van der Waals surface area contributed by atoms with Crippen LogP contribution in [0.4, 0.5) is 0 Å². The summed E-state index contributed by atoms with van der Waals surface area (Å²) >= 11 is 6.41. The van der Waals surface area contributed by atoms with Crippen molar-refractivity contribution in [3.8, 4) is 11.5 Å². The monoisotopic (exact) mass is 293 g/mol. The van der Waals surface area contributed by atoms with Crippen LogP contribution < -0.4 is 15.2 Å². The largest absolute Gasteiger partial charge is 0.489 e. The fourth-order valence-electron chi connectivity index (χ4n) is 3.36. The Hall–Kier alpha value is -0.930. The molecule has 0 radical (unpaired) electrons. The van der Waals surface area contributed by atoms with E-state index in [0.29, 0.717) is 17.4 Å². The Morgan fingerprint density at radius 3 is 2.40 bits per heavy atom. The highest BCUT2D eigenvalue weighted by molar-refractivity contribution is 6.32. The quantitative estimate of drug-likeness (QED) is 0.860. The van der Waals surface area contributed by atoms with Crippen molar-refractivity contribution in [1.82, 2.24) is 0 Å². The molecule has 0 amide bonds. The third-order valence-electron chi connectivity index (χ3n) is 5.09. The van der Waals surface area contributed by atoms with Crippen LogP contribution in [0.25, 0.3) is 0 Å². The number of ether oxygens (including phenoxy) is 2. The fraction of sp³-hybridized carbons (Fsp3) is 0.625. The zero-order valence-corrected chi connectivity index (χ0v) is 12.3. The molecule has 4 heteroatoms. The number of rotatable bonds is 1. The topological polar surface area (TPSA) is 44.5 Å². The molecule has 0 unspecified atom stereocenters. The van der Waals surface area contributed by atoms with Crippen LogP contribution in [0.2, 0.25) is 5.02 Å². The third kappa shape index (κ3) is 1.99. The van der Waals surface area contributed by atoms with Crippen LogP contribution in [0, 0.1) is 5.41 Å². The maximum atomic E-state index is 6.53. The van der Waals surface area contributed by atoms with Gasteiger partial charge in [0.05, 0.1) is 18.2 Å². The first-order chi connectivity index (χ1) is 9.60. The van der Waals surface area contributed by atoms with Crippen molar-refractivity contribution < 1.29 is 9.47 Å². The van der Waals surface area contributed by atoms with Gasteiger partial charge in [-0.05, 0) is 43.4 Å². The number of halogens is 1. The molecule has 2 aliphatic carbocycles. The van der Waals surface area contributed by atoms with E-state index >= 15 is 0 Å². The van der Waals surface area contributed by atoms with Crippen LogP contribution in [-0.2, 0) is 5.54 Å². The van der Waals surface area contributed by atoms with E-state index in [1.54, 1.807) is 0 Å². The van der Waals surface area contributed by atoms with E-state index < -0.39 is 0 Å². The molecule has 20 heavy (non-hydrogen) atoms. The van der Waals surface area contributed by atoms with E-state index in [0.717, 1.165) is 30.8 Å². The molecule has 1 heterocycles. The normalized spacial score (nSPS) is 25.5. The first-order valence-electron chi connectivity index (χ1n) is 7.49. The molecule has 3 aliphatic rings. The Morgan fingerprint density at radius 2 is 1.70 bits per heavy atom. The maximum absolute atomic E-state index is 6.53. The summed E-state index contributed by atoms with van der Waals surface area (Å²) < 4.78 is 11.9. The molecule has 108 valence electrons. The average molecular weight is 294 g/mol. The molecule has 1 aliphatic heterocycles. The summed E-state index contributed by atoms with van der Waals surface area (Å²) in [5.74, 6) is 1.47. The van der Waals surface area contributed by atoms with Gasteiger partial charge in [-0.1, -0.05) is 24.4 Å². The van der Waals surface area contributed by atoms with Gasteiger partial charge in [0, 0.05) is 11.0 Å². The molecule has 0 atom stereocenters. The van der Waals surface area contributed by atoms with Gasteiger partial charge >= 0.3 is 0 Å². The van der Waals surface area contributed by atoms with E-state index in [1.807, 2.05) is 12.1 Å². The number of nitrogens with two attached hydrogens (primary N) is 1. The Kier molecular flexibility index (Phi) is 2.74. The lowest BCUT2D eigenvalue weighted by Crippen LogP contribution is -2.33. The smallest absolute Gasteiger partial charge is 0.179 e. The summed E-state index contributed by atoms with van der Waals surface area (Å²) in [4.78, 5) is 0. The standard InChI is InChI=1S/C16H20ClNO2/c17-12-7-11(16(18)3-1-2-4-16)8-13-14(12)20-10-15(5-6-15)9-19-13/h7-8H,1-6,9-10,18H2. The van der Waals surface area contributed by atoms with Crippen molar-refractivity contribution >= 4 is 11.6 Å². The average Bonchev–Trinajstić information content (AvgIpc) is 3.12. The second-order valence-electron chi connectivity index (χ2n) is 6.73. The van der Waals surface area contributed by atoms with Crippen molar-refractivity contribution in [2.45, 2.75) is 44.1 Å². The summed E-state index contributed by atoms with van der Waals surface area (Å²) in [7, 11) is 0. The summed E-state index contributed by atoms with van der Waals surface area (Å²) in [5.41, 5.74) is 7.61. The maximum Gasteiger partial charge on any atom is 0.179 e. The zero-order valence-electron chi connectivity index (χ0n) is 11.6. The lowest BCUT2D eigenvalue weighted by atomic mass is 9.89. The fourth-order valence-corrected chi connectivity index (χ4v) is 3.63. The summed E-state index contributed by atoms with van der Waals surface area (Å²) in [6, 6.07) is 4.02. The predicted molar refractivity (Wildman–Crippen MR) is 78.4 cm³/mol. The van der Waals surface area contributed by atoms with Crippen molar-refractivity contribution in [2.75, 3.05) is 13.2 Å². The van der Waals surface area contributed by atoms with Crippen LogP contribution in [0.5, 0.6) is 11.5 Å². The lowest BCUT2D eigenvalue weighted by molar-refractivity contribution is 0.197. The van der Waals surface area contributed by atoms with Crippen LogP contribution in [-0.4, -0.2) is 13.2 Å². The second-order valence-corrected chi connectivity index (χ2v) is 7.13. The minimum absolute atomic E-state index is 0.232. The SMILES string of the molecule is NC1(c2cc(Cl)c3c(c2)OCC2(CC2)CO3)CCCC1. The van der Waals surface area contributed by atoms with Gasteiger partial charge in [0.1, 0.15) is 0 Å². The Bertz CT molecular complexity index is 548. The molecule has 0 saturated heterocycles. The van der Waals surface area contributed by atoms with Crippen molar-refractivity contribution in [1.29, 1.82) is 0 Å². The number of hydrogen-bond donors (Lipinski definition) is 1. The molecule has 1 aromatic rings. The summed E-state index contributed by atoms with van der Waals surface area (Å²) in [5, 5.41) is 0.631. The predicted octanol–water partition coefficient (Wildman–Crippen LogP) is 3.62. The number of benzene rings is 1. The summed E-state index contributed by atoms with van der Waals surface area (Å²) in [6.45, 7) is 1.45. The van der Waals surface area contributed by atoms with Crippen LogP contribution in [0.15, 0.2) is 12.1 Å². The molecule has 3 nitrogen and oxygen atoms in total. The van der Waals surface area contributed by atoms with Gasteiger partial charge < -0.3 is 15.2 Å². The van der Waals surface area contributed by atoms with Crippen LogP contribution >= 0.6 is 11.6 Å². The molecule has 4 rings (SSSR count). The van der Waals surface area contributed by atoms with Gasteiger partial charge in [0.15, 0.2) is 11.5 Å². The molecule has 1 spiro atoms. The minimum Gasteiger partial charge on any atom is -0.489 e. The van der Waals surface area contributed by atoms with Crippen molar-refractivity contribution in [2.24, 2.45) is 11.1 Å². The van der Waals surface area contributed by atoms with E-state index in [-0.39, 0.29) is 11.0 Å². The van der Waals surface area contributed by atoms with Gasteiger partial charge in [-0.25, -0.2) is 0 Å². The molecule has 0 bridgehead atoms. The summed E-state index contributed by atoms with van der Waals surface area (Å²) in [6.07, 6.45) is 6.79. The van der Waals surface area contributed by atoms with E-state index in [2.05, 4.69) is 0 Å². The van der Waals surface area contributed by atoms with Crippen molar-refractivity contribution in [3.05, 3.63) is 22.7 Å². The Morgan fingerprint density at radius 1 is 1.00 bits per heavy atom. The van der Waals surface area contributed by atoms with Gasteiger partial charge in [0.25, 0.3) is 0 Å². The van der Waals surface area contributed by atoms with Crippen molar-refractivity contribution in [3.63, 3.8) is 0 Å². The second kappa shape index (κ2) is 4.28. The molecule has 0 aromatic heterocycles. The van der Waals surface area contributed by atoms with Crippen LogP contribution in [0.1, 0.15) is 44.1 Å². The lowest BCUT2D eigenvalue weighted by Gasteiger charge is -2.25. The number of hydrogen-bond acceptors (Lipinski definition) is 3. The molecular weight excluding hydrogens is 274 g/mol. The number of fused-ring (bicyclic) bond motifs is 1. The van der Waals surface area contributed by atoms with E-state index in [9.17, 15) is 0 Å². The Labute approximate surface area is 124 Å². The first kappa shape index (κ1) is 12.8. The molecular formula is C16H20ClNO2. The van der Waals surface area contributed by atoms with Gasteiger partial charge in [-0.2, -0.15) is 0 Å². The van der Waals surface area contributed by atoms with E-state index in [1.165, 1.54) is 25.7 Å². The zero-order chi connectivity index (χ0) is 13.8.